The molecule has 0 radical (unpaired) electrons. The van der Waals surface area contributed by atoms with Crippen LogP contribution in [0, 0.1) is 0 Å². The van der Waals surface area contributed by atoms with Gasteiger partial charge in [0.15, 0.2) is 0 Å². The number of hydrogen-bond acceptors (Lipinski definition) is 2. The molecule has 5 heteroatoms. The Balaban J connectivity index is 1.42. The summed E-state index contributed by atoms with van der Waals surface area (Å²) in [5, 5.41) is 6.03. The van der Waals surface area contributed by atoms with Crippen LogP contribution < -0.4 is 10.6 Å². The van der Waals surface area contributed by atoms with Gasteiger partial charge in [-0.2, -0.15) is 0 Å². The molecule has 2 aromatic rings. The summed E-state index contributed by atoms with van der Waals surface area (Å²) < 4.78 is 0. The molecule has 1 aliphatic carbocycles. The largest absolute Gasteiger partial charge is 0.352 e. The third kappa shape index (κ3) is 4.85. The van der Waals surface area contributed by atoms with E-state index in [0.29, 0.717) is 16.5 Å². The molecule has 1 aliphatic rings. The zero-order valence-corrected chi connectivity index (χ0v) is 15.3. The van der Waals surface area contributed by atoms with E-state index in [0.717, 1.165) is 25.7 Å². The van der Waals surface area contributed by atoms with Crippen molar-refractivity contribution >= 4 is 23.4 Å². The second-order valence-electron chi connectivity index (χ2n) is 6.69. The first-order valence-electron chi connectivity index (χ1n) is 9.00. The van der Waals surface area contributed by atoms with Gasteiger partial charge in [0, 0.05) is 6.04 Å². The van der Waals surface area contributed by atoms with Gasteiger partial charge in [-0.1, -0.05) is 54.1 Å². The predicted octanol–water partition coefficient (Wildman–Crippen LogP) is 3.91. The topological polar surface area (TPSA) is 58.2 Å². The number of hydrogen-bond donors (Lipinski definition) is 2. The van der Waals surface area contributed by atoms with Crippen LogP contribution >= 0.6 is 11.6 Å². The molecule has 136 valence electrons. The highest BCUT2D eigenvalue weighted by molar-refractivity contribution is 6.33. The third-order valence-corrected chi connectivity index (χ3v) is 5.22. The number of rotatable bonds is 5. The highest BCUT2D eigenvalue weighted by atomic mass is 35.5. The molecular weight excluding hydrogens is 348 g/mol. The first kappa shape index (κ1) is 18.5. The van der Waals surface area contributed by atoms with Crippen molar-refractivity contribution in [3.63, 3.8) is 0 Å². The Labute approximate surface area is 158 Å². The molecule has 0 atom stereocenters. The summed E-state index contributed by atoms with van der Waals surface area (Å²) in [5.74, 6) is 0.0800. The summed E-state index contributed by atoms with van der Waals surface area (Å²) in [6.07, 6.45) is 4.06. The number of halogens is 1. The fourth-order valence-electron chi connectivity index (χ4n) is 3.48. The Morgan fingerprint density at radius 3 is 2.27 bits per heavy atom. The van der Waals surface area contributed by atoms with Crippen LogP contribution in [0.4, 0.5) is 0 Å². The minimum Gasteiger partial charge on any atom is -0.352 e. The van der Waals surface area contributed by atoms with Crippen molar-refractivity contribution in [2.75, 3.05) is 6.54 Å². The molecule has 0 spiro atoms. The quantitative estimate of drug-likeness (QED) is 0.838. The second kappa shape index (κ2) is 8.86. The smallest absolute Gasteiger partial charge is 0.253 e. The number of amides is 2. The van der Waals surface area contributed by atoms with Gasteiger partial charge in [0.05, 0.1) is 17.1 Å². The van der Waals surface area contributed by atoms with E-state index in [4.69, 9.17) is 11.6 Å². The first-order valence-corrected chi connectivity index (χ1v) is 9.38. The Hall–Kier alpha value is -2.33. The van der Waals surface area contributed by atoms with Crippen LogP contribution in [0.25, 0.3) is 0 Å². The molecule has 0 heterocycles. The van der Waals surface area contributed by atoms with Gasteiger partial charge in [-0.25, -0.2) is 0 Å². The van der Waals surface area contributed by atoms with E-state index in [-0.39, 0.29) is 24.4 Å². The van der Waals surface area contributed by atoms with Gasteiger partial charge < -0.3 is 10.6 Å². The number of carbonyl (C=O) groups is 2. The van der Waals surface area contributed by atoms with Crippen LogP contribution in [0.2, 0.25) is 5.02 Å². The van der Waals surface area contributed by atoms with Crippen LogP contribution in [0.5, 0.6) is 0 Å². The molecule has 1 saturated carbocycles. The van der Waals surface area contributed by atoms with Crippen LogP contribution in [-0.4, -0.2) is 24.4 Å². The van der Waals surface area contributed by atoms with E-state index in [1.807, 2.05) is 6.07 Å². The van der Waals surface area contributed by atoms with Crippen molar-refractivity contribution in [1.29, 1.82) is 0 Å². The molecule has 0 bridgehead atoms. The van der Waals surface area contributed by atoms with Crippen molar-refractivity contribution in [3.05, 3.63) is 70.7 Å². The first-order chi connectivity index (χ1) is 12.6. The van der Waals surface area contributed by atoms with Gasteiger partial charge in [0.25, 0.3) is 5.91 Å². The van der Waals surface area contributed by atoms with Crippen molar-refractivity contribution < 1.29 is 9.59 Å². The molecule has 0 aromatic heterocycles. The Kier molecular flexibility index (Phi) is 6.29. The van der Waals surface area contributed by atoms with E-state index in [1.165, 1.54) is 5.56 Å². The minimum atomic E-state index is -0.335. The van der Waals surface area contributed by atoms with E-state index >= 15 is 0 Å². The summed E-state index contributed by atoms with van der Waals surface area (Å²) in [6, 6.07) is 17.5. The molecule has 1 fully saturated rings. The third-order valence-electron chi connectivity index (χ3n) is 4.89. The maximum Gasteiger partial charge on any atom is 0.253 e. The second-order valence-corrected chi connectivity index (χ2v) is 7.10. The molecule has 0 unspecified atom stereocenters. The van der Waals surface area contributed by atoms with E-state index in [9.17, 15) is 9.59 Å². The zero-order chi connectivity index (χ0) is 18.4. The molecule has 2 amide bonds. The Bertz CT molecular complexity index is 756. The summed E-state index contributed by atoms with van der Waals surface area (Å²) in [5.41, 5.74) is 1.76. The average Bonchev–Trinajstić information content (AvgIpc) is 2.68. The highest BCUT2D eigenvalue weighted by Gasteiger charge is 2.23. The van der Waals surface area contributed by atoms with Crippen LogP contribution in [0.3, 0.4) is 0 Å². The monoisotopic (exact) mass is 370 g/mol. The summed E-state index contributed by atoms with van der Waals surface area (Å²) in [4.78, 5) is 24.2. The maximum atomic E-state index is 12.1. The molecule has 4 nitrogen and oxygen atoms in total. The van der Waals surface area contributed by atoms with Crippen molar-refractivity contribution in [3.8, 4) is 0 Å². The lowest BCUT2D eigenvalue weighted by molar-refractivity contribution is -0.121. The lowest BCUT2D eigenvalue weighted by Crippen LogP contribution is -2.43. The standard InChI is InChI=1S/C21H23ClN2O2/c22-19-9-5-4-8-18(19)21(26)23-14-20(25)24-17-12-10-16(11-13-17)15-6-2-1-3-7-15/h1-9,16-17H,10-14H2,(H,23,26)(H,24,25). The highest BCUT2D eigenvalue weighted by Crippen LogP contribution is 2.32. The van der Waals surface area contributed by atoms with Gasteiger partial charge in [-0.05, 0) is 49.3 Å². The van der Waals surface area contributed by atoms with Crippen LogP contribution in [0.15, 0.2) is 54.6 Å². The molecule has 2 N–H and O–H groups in total. The van der Waals surface area contributed by atoms with Gasteiger partial charge in [-0.3, -0.25) is 9.59 Å². The van der Waals surface area contributed by atoms with Gasteiger partial charge in [0.1, 0.15) is 0 Å². The van der Waals surface area contributed by atoms with Crippen molar-refractivity contribution in [2.45, 2.75) is 37.6 Å². The number of nitrogens with one attached hydrogen (secondary N) is 2. The molecule has 0 aliphatic heterocycles. The zero-order valence-electron chi connectivity index (χ0n) is 14.6. The van der Waals surface area contributed by atoms with E-state index in [1.54, 1.807) is 24.3 Å². The van der Waals surface area contributed by atoms with E-state index < -0.39 is 0 Å². The normalized spacial score (nSPS) is 19.6. The van der Waals surface area contributed by atoms with Crippen LogP contribution in [0.1, 0.15) is 47.5 Å². The Morgan fingerprint density at radius 1 is 0.923 bits per heavy atom. The van der Waals surface area contributed by atoms with Gasteiger partial charge in [0.2, 0.25) is 5.91 Å². The lowest BCUT2D eigenvalue weighted by Gasteiger charge is -2.29. The van der Waals surface area contributed by atoms with Gasteiger partial charge >= 0.3 is 0 Å². The SMILES string of the molecule is O=C(CNC(=O)c1ccccc1Cl)NC1CCC(c2ccccc2)CC1. The fraction of sp³-hybridized carbons (Fsp3) is 0.333. The lowest BCUT2D eigenvalue weighted by atomic mass is 9.82. The molecule has 0 saturated heterocycles. The van der Waals surface area contributed by atoms with Crippen molar-refractivity contribution in [2.24, 2.45) is 0 Å². The van der Waals surface area contributed by atoms with Gasteiger partial charge in [-0.15, -0.1) is 0 Å². The van der Waals surface area contributed by atoms with E-state index in [2.05, 4.69) is 34.9 Å². The molecule has 2 aromatic carbocycles. The van der Waals surface area contributed by atoms with Crippen LogP contribution in [-0.2, 0) is 4.79 Å². The molecule has 26 heavy (non-hydrogen) atoms. The predicted molar refractivity (Wildman–Crippen MR) is 103 cm³/mol. The number of carbonyl (C=O) groups excluding carboxylic acids is 2. The van der Waals surface area contributed by atoms with Crippen molar-refractivity contribution in [1.82, 2.24) is 10.6 Å². The summed E-state index contributed by atoms with van der Waals surface area (Å²) in [6.45, 7) is -0.0390. The molecular formula is C21H23ClN2O2. The summed E-state index contributed by atoms with van der Waals surface area (Å²) >= 11 is 5.99. The maximum absolute atomic E-state index is 12.1. The molecule has 3 rings (SSSR count). The Morgan fingerprint density at radius 2 is 1.58 bits per heavy atom. The fourth-order valence-corrected chi connectivity index (χ4v) is 3.70. The minimum absolute atomic E-state index is 0.0390. The number of benzene rings is 2. The summed E-state index contributed by atoms with van der Waals surface area (Å²) in [7, 11) is 0. The average molecular weight is 371 g/mol.